The van der Waals surface area contributed by atoms with Crippen molar-refractivity contribution in [3.05, 3.63) is 108 Å². The van der Waals surface area contributed by atoms with Gasteiger partial charge in [-0.1, -0.05) is 66.2 Å². The number of piperazine rings is 1. The van der Waals surface area contributed by atoms with E-state index >= 15 is 0 Å². The number of aromatic nitrogens is 3. The van der Waals surface area contributed by atoms with E-state index < -0.39 is 11.7 Å². The number of hydrogen-bond acceptors (Lipinski definition) is 4. The van der Waals surface area contributed by atoms with E-state index in [-0.39, 0.29) is 0 Å². The summed E-state index contributed by atoms with van der Waals surface area (Å²) < 4.78 is 42.3. The van der Waals surface area contributed by atoms with Gasteiger partial charge in [-0.05, 0) is 35.4 Å². The first-order chi connectivity index (χ1) is 18.9. The van der Waals surface area contributed by atoms with Crippen LogP contribution in [-0.4, -0.2) is 45.6 Å². The van der Waals surface area contributed by atoms with Gasteiger partial charge in [0.1, 0.15) is 12.1 Å². The summed E-state index contributed by atoms with van der Waals surface area (Å²) in [6, 6.07) is 23.0. The van der Waals surface area contributed by atoms with Crippen molar-refractivity contribution in [1.82, 2.24) is 19.4 Å². The van der Waals surface area contributed by atoms with Crippen molar-refractivity contribution in [2.75, 3.05) is 31.1 Å². The Kier molecular flexibility index (Phi) is 6.74. The van der Waals surface area contributed by atoms with Crippen molar-refractivity contribution in [2.45, 2.75) is 12.7 Å². The molecular formula is C30H25ClF3N5. The van der Waals surface area contributed by atoms with Gasteiger partial charge in [-0.25, -0.2) is 9.97 Å². The molecule has 0 unspecified atom stereocenters. The SMILES string of the molecule is FC(F)(F)c1cccc(-n2cc(-c3ccccc3)c3c(N4CCN(Cc5ccccc5Cl)CC4)ncnc32)c1. The third-order valence-electron chi connectivity index (χ3n) is 7.12. The van der Waals surface area contributed by atoms with Gasteiger partial charge in [0.15, 0.2) is 5.65 Å². The molecule has 0 saturated carbocycles. The van der Waals surface area contributed by atoms with Crippen molar-refractivity contribution >= 4 is 28.5 Å². The molecule has 1 aliphatic rings. The zero-order chi connectivity index (χ0) is 27.0. The number of alkyl halides is 3. The molecule has 9 heteroatoms. The summed E-state index contributed by atoms with van der Waals surface area (Å²) in [5.41, 5.74) is 3.18. The maximum atomic E-state index is 13.5. The van der Waals surface area contributed by atoms with Crippen LogP contribution in [0.25, 0.3) is 27.8 Å². The fraction of sp³-hybridized carbons (Fsp3) is 0.200. The predicted molar refractivity (Wildman–Crippen MR) is 148 cm³/mol. The molecule has 0 radical (unpaired) electrons. The number of rotatable bonds is 5. The van der Waals surface area contributed by atoms with E-state index in [0.29, 0.717) is 11.3 Å². The summed E-state index contributed by atoms with van der Waals surface area (Å²) in [6.07, 6.45) is -1.08. The molecule has 0 atom stereocenters. The second kappa shape index (κ2) is 10.4. The fourth-order valence-electron chi connectivity index (χ4n) is 5.14. The number of nitrogens with zero attached hydrogens (tertiary/aromatic N) is 5. The van der Waals surface area contributed by atoms with E-state index in [4.69, 9.17) is 11.6 Å². The number of anilines is 1. The van der Waals surface area contributed by atoms with Gasteiger partial charge < -0.3 is 9.47 Å². The van der Waals surface area contributed by atoms with Crippen molar-refractivity contribution in [1.29, 1.82) is 0 Å². The maximum Gasteiger partial charge on any atom is 0.416 e. The van der Waals surface area contributed by atoms with Gasteiger partial charge in [-0.3, -0.25) is 4.90 Å². The van der Waals surface area contributed by atoms with Crippen molar-refractivity contribution in [3.63, 3.8) is 0 Å². The minimum Gasteiger partial charge on any atom is -0.353 e. The molecule has 39 heavy (non-hydrogen) atoms. The minimum atomic E-state index is -4.44. The van der Waals surface area contributed by atoms with E-state index in [1.807, 2.05) is 60.8 Å². The molecule has 5 aromatic rings. The normalized spacial score (nSPS) is 14.7. The molecular weight excluding hydrogens is 523 g/mol. The zero-order valence-electron chi connectivity index (χ0n) is 20.9. The number of hydrogen-bond donors (Lipinski definition) is 0. The van der Waals surface area contributed by atoms with E-state index in [0.717, 1.165) is 77.8 Å². The largest absolute Gasteiger partial charge is 0.416 e. The van der Waals surface area contributed by atoms with Crippen LogP contribution in [0.2, 0.25) is 5.02 Å². The Hall–Kier alpha value is -3.88. The molecule has 0 N–H and O–H groups in total. The lowest BCUT2D eigenvalue weighted by Crippen LogP contribution is -2.46. The molecule has 3 heterocycles. The van der Waals surface area contributed by atoms with Crippen LogP contribution in [0, 0.1) is 0 Å². The molecule has 5 nitrogen and oxygen atoms in total. The van der Waals surface area contributed by atoms with Crippen LogP contribution in [0.4, 0.5) is 19.0 Å². The molecule has 6 rings (SSSR count). The molecule has 0 aliphatic carbocycles. The number of halogens is 4. The summed E-state index contributed by atoms with van der Waals surface area (Å²) >= 11 is 6.38. The summed E-state index contributed by atoms with van der Waals surface area (Å²) in [7, 11) is 0. The van der Waals surface area contributed by atoms with Crippen LogP contribution in [0.3, 0.4) is 0 Å². The third-order valence-corrected chi connectivity index (χ3v) is 7.49. The smallest absolute Gasteiger partial charge is 0.353 e. The average molecular weight is 548 g/mol. The Morgan fingerprint density at radius 3 is 2.31 bits per heavy atom. The Labute approximate surface area is 229 Å². The Bertz CT molecular complexity index is 1610. The highest BCUT2D eigenvalue weighted by molar-refractivity contribution is 6.31. The molecule has 198 valence electrons. The summed E-state index contributed by atoms with van der Waals surface area (Å²) in [5.74, 6) is 0.780. The number of benzene rings is 3. The van der Waals surface area contributed by atoms with Gasteiger partial charge in [-0.15, -0.1) is 0 Å². The summed E-state index contributed by atoms with van der Waals surface area (Å²) in [6.45, 7) is 3.92. The number of fused-ring (bicyclic) bond motifs is 1. The first-order valence-electron chi connectivity index (χ1n) is 12.7. The minimum absolute atomic E-state index is 0.395. The van der Waals surface area contributed by atoms with Crippen molar-refractivity contribution in [3.8, 4) is 16.8 Å². The van der Waals surface area contributed by atoms with Crippen LogP contribution in [-0.2, 0) is 12.7 Å². The molecule has 0 amide bonds. The van der Waals surface area contributed by atoms with Crippen LogP contribution in [0.5, 0.6) is 0 Å². The van der Waals surface area contributed by atoms with E-state index in [1.165, 1.54) is 12.4 Å². The fourth-order valence-corrected chi connectivity index (χ4v) is 5.33. The van der Waals surface area contributed by atoms with Crippen molar-refractivity contribution < 1.29 is 13.2 Å². The van der Waals surface area contributed by atoms with Gasteiger partial charge in [0.2, 0.25) is 0 Å². The summed E-state index contributed by atoms with van der Waals surface area (Å²) in [5, 5.41) is 1.58. The summed E-state index contributed by atoms with van der Waals surface area (Å²) in [4.78, 5) is 13.8. The van der Waals surface area contributed by atoms with Gasteiger partial charge in [0, 0.05) is 55.2 Å². The highest BCUT2D eigenvalue weighted by atomic mass is 35.5. The average Bonchev–Trinajstić information content (AvgIpc) is 3.35. The van der Waals surface area contributed by atoms with Gasteiger partial charge in [0.05, 0.1) is 10.9 Å². The predicted octanol–water partition coefficient (Wildman–Crippen LogP) is 7.08. The second-order valence-corrected chi connectivity index (χ2v) is 9.98. The highest BCUT2D eigenvalue weighted by Crippen LogP contribution is 2.38. The first-order valence-corrected chi connectivity index (χ1v) is 13.1. The highest BCUT2D eigenvalue weighted by Gasteiger charge is 2.31. The Morgan fingerprint density at radius 1 is 0.821 bits per heavy atom. The van der Waals surface area contributed by atoms with Crippen LogP contribution >= 0.6 is 11.6 Å². The molecule has 1 saturated heterocycles. The van der Waals surface area contributed by atoms with E-state index in [2.05, 4.69) is 19.8 Å². The Morgan fingerprint density at radius 2 is 1.56 bits per heavy atom. The second-order valence-electron chi connectivity index (χ2n) is 9.58. The van der Waals surface area contributed by atoms with Gasteiger partial charge >= 0.3 is 6.18 Å². The first kappa shape index (κ1) is 25.4. The Balaban J connectivity index is 1.38. The van der Waals surface area contributed by atoms with E-state index in [9.17, 15) is 13.2 Å². The third kappa shape index (κ3) is 5.10. The molecule has 0 spiro atoms. The molecule has 1 aliphatic heterocycles. The van der Waals surface area contributed by atoms with Gasteiger partial charge in [-0.2, -0.15) is 13.2 Å². The topological polar surface area (TPSA) is 37.2 Å². The maximum absolute atomic E-state index is 13.5. The van der Waals surface area contributed by atoms with Gasteiger partial charge in [0.25, 0.3) is 0 Å². The molecule has 3 aromatic carbocycles. The van der Waals surface area contributed by atoms with Crippen LogP contribution in [0.15, 0.2) is 91.4 Å². The molecule has 2 aromatic heterocycles. The molecule has 1 fully saturated rings. The quantitative estimate of drug-likeness (QED) is 0.235. The molecule has 0 bridgehead atoms. The van der Waals surface area contributed by atoms with Crippen LogP contribution in [0.1, 0.15) is 11.1 Å². The van der Waals surface area contributed by atoms with Crippen molar-refractivity contribution in [2.24, 2.45) is 0 Å². The van der Waals surface area contributed by atoms with Crippen LogP contribution < -0.4 is 4.90 Å². The standard InChI is InChI=1S/C30H25ClF3N5/c31-26-12-5-4-9-22(26)18-37-13-15-38(16-14-37)28-27-25(21-7-2-1-3-8-21)19-39(29(27)36-20-35-28)24-11-6-10-23(17-24)30(32,33)34/h1-12,17,19-20H,13-16,18H2. The lowest BCUT2D eigenvalue weighted by molar-refractivity contribution is -0.137. The monoisotopic (exact) mass is 547 g/mol. The zero-order valence-corrected chi connectivity index (χ0v) is 21.7. The van der Waals surface area contributed by atoms with E-state index in [1.54, 1.807) is 10.6 Å². The lowest BCUT2D eigenvalue weighted by Gasteiger charge is -2.35. The lowest BCUT2D eigenvalue weighted by atomic mass is 10.1.